The number of amides is 2. The van der Waals surface area contributed by atoms with Gasteiger partial charge in [-0.2, -0.15) is 0 Å². The number of anilines is 1. The summed E-state index contributed by atoms with van der Waals surface area (Å²) in [4.78, 5) is 29.0. The van der Waals surface area contributed by atoms with Crippen LogP contribution in [0.5, 0.6) is 0 Å². The summed E-state index contributed by atoms with van der Waals surface area (Å²) in [7, 11) is 0. The Hall–Kier alpha value is -1.76. The average Bonchev–Trinajstić information content (AvgIpc) is 2.66. The molecule has 1 aromatic heterocycles. The fourth-order valence-corrected chi connectivity index (χ4v) is 3.33. The molecule has 108 valence electrons. The van der Waals surface area contributed by atoms with Crippen LogP contribution in [0.2, 0.25) is 0 Å². The fraction of sp³-hybridized carbons (Fsp3) is 0.462. The number of rotatable bonds is 2. The van der Waals surface area contributed by atoms with Crippen molar-refractivity contribution in [1.82, 2.24) is 4.98 Å². The second-order valence-electron chi connectivity index (χ2n) is 5.55. The minimum Gasteiger partial charge on any atom is -0.415 e. The van der Waals surface area contributed by atoms with Crippen molar-refractivity contribution in [2.24, 2.45) is 11.1 Å². The molecule has 6 nitrogen and oxygen atoms in total. The van der Waals surface area contributed by atoms with E-state index in [4.69, 9.17) is 10.5 Å². The molecule has 0 aromatic carbocycles. The second kappa shape index (κ2) is 5.32. The maximum Gasteiger partial charge on any atom is 0.407 e. The molecule has 1 saturated heterocycles. The highest BCUT2D eigenvalue weighted by molar-refractivity contribution is 8.01. The van der Waals surface area contributed by atoms with Crippen molar-refractivity contribution in [3.8, 4) is 0 Å². The van der Waals surface area contributed by atoms with Crippen LogP contribution in [0.25, 0.3) is 0 Å². The van der Waals surface area contributed by atoms with Gasteiger partial charge in [0.25, 0.3) is 0 Å². The van der Waals surface area contributed by atoms with Gasteiger partial charge in [-0.3, -0.25) is 14.7 Å². The maximum atomic E-state index is 12.6. The highest BCUT2D eigenvalue weighted by Crippen LogP contribution is 2.43. The predicted octanol–water partition coefficient (Wildman–Crippen LogP) is 1.95. The van der Waals surface area contributed by atoms with Gasteiger partial charge in [0.05, 0.1) is 17.1 Å². The summed E-state index contributed by atoms with van der Waals surface area (Å²) in [5.74, 6) is -0.109. The van der Waals surface area contributed by atoms with Crippen LogP contribution in [-0.2, 0) is 9.53 Å². The Kier molecular flexibility index (Phi) is 3.89. The number of carbonyl (C=O) groups excluding carboxylic acids is 2. The Balaban J connectivity index is 2.35. The lowest BCUT2D eigenvalue weighted by atomic mass is 9.91. The number of carbonyl (C=O) groups is 2. The SMILES string of the molecule is CC(C)(C)C1SC(OC(N)=O)N(c2cccnc2)C1=O. The van der Waals surface area contributed by atoms with Crippen LogP contribution in [0, 0.1) is 5.41 Å². The van der Waals surface area contributed by atoms with E-state index in [-0.39, 0.29) is 16.6 Å². The first kappa shape index (κ1) is 14.6. The third-order valence-corrected chi connectivity index (χ3v) is 4.57. The van der Waals surface area contributed by atoms with Gasteiger partial charge in [0.1, 0.15) is 0 Å². The number of nitrogens with two attached hydrogens (primary N) is 1. The van der Waals surface area contributed by atoms with E-state index in [1.807, 2.05) is 20.8 Å². The smallest absolute Gasteiger partial charge is 0.407 e. The first-order valence-corrected chi connectivity index (χ1v) is 7.09. The molecule has 2 amide bonds. The molecule has 0 aliphatic carbocycles. The fourth-order valence-electron chi connectivity index (χ4n) is 1.97. The molecule has 1 fully saturated rings. The van der Waals surface area contributed by atoms with Crippen molar-refractivity contribution < 1.29 is 14.3 Å². The first-order chi connectivity index (χ1) is 9.30. The molecule has 0 bridgehead atoms. The zero-order valence-corrected chi connectivity index (χ0v) is 12.4. The number of primary amides is 1. The van der Waals surface area contributed by atoms with E-state index in [2.05, 4.69) is 4.98 Å². The van der Waals surface area contributed by atoms with Gasteiger partial charge in [-0.05, 0) is 17.5 Å². The Bertz CT molecular complexity index is 515. The average molecular weight is 295 g/mol. The summed E-state index contributed by atoms with van der Waals surface area (Å²) in [6.45, 7) is 5.91. The van der Waals surface area contributed by atoms with Crippen molar-refractivity contribution in [3.63, 3.8) is 0 Å². The zero-order valence-electron chi connectivity index (χ0n) is 11.6. The molecule has 1 aliphatic rings. The normalized spacial score (nSPS) is 22.9. The molecular formula is C13H17N3O3S. The highest BCUT2D eigenvalue weighted by Gasteiger charge is 2.48. The summed E-state index contributed by atoms with van der Waals surface area (Å²) < 4.78 is 5.05. The van der Waals surface area contributed by atoms with Gasteiger partial charge in [-0.15, -0.1) is 0 Å². The van der Waals surface area contributed by atoms with Crippen LogP contribution >= 0.6 is 11.8 Å². The molecule has 2 N–H and O–H groups in total. The minimum absolute atomic E-state index is 0.109. The molecule has 1 aliphatic heterocycles. The quantitative estimate of drug-likeness (QED) is 0.901. The van der Waals surface area contributed by atoms with E-state index in [0.717, 1.165) is 0 Å². The molecule has 2 atom stereocenters. The van der Waals surface area contributed by atoms with Crippen molar-refractivity contribution >= 4 is 29.4 Å². The van der Waals surface area contributed by atoms with Crippen molar-refractivity contribution in [3.05, 3.63) is 24.5 Å². The van der Waals surface area contributed by atoms with Gasteiger partial charge >= 0.3 is 6.09 Å². The van der Waals surface area contributed by atoms with Gasteiger partial charge in [-0.25, -0.2) is 4.79 Å². The van der Waals surface area contributed by atoms with Crippen LogP contribution < -0.4 is 10.6 Å². The van der Waals surface area contributed by atoms with E-state index in [0.29, 0.717) is 5.69 Å². The first-order valence-electron chi connectivity index (χ1n) is 6.15. The number of aromatic nitrogens is 1. The molecular weight excluding hydrogens is 278 g/mol. The summed E-state index contributed by atoms with van der Waals surface area (Å²) in [5, 5.41) is -0.313. The monoisotopic (exact) mass is 295 g/mol. The van der Waals surface area contributed by atoms with E-state index in [1.54, 1.807) is 24.5 Å². The summed E-state index contributed by atoms with van der Waals surface area (Å²) in [6.07, 6.45) is 2.27. The van der Waals surface area contributed by atoms with Gasteiger partial charge in [0, 0.05) is 6.20 Å². The number of pyridine rings is 1. The largest absolute Gasteiger partial charge is 0.415 e. The van der Waals surface area contributed by atoms with Crippen molar-refractivity contribution in [1.29, 1.82) is 0 Å². The standard InChI is InChI=1S/C13H17N3O3S/c1-13(2,3)9-10(17)16(8-5-4-6-15-7-8)12(20-9)19-11(14)18/h4-7,9,12H,1-3H3,(H2,14,18). The lowest BCUT2D eigenvalue weighted by Crippen LogP contribution is -2.40. The second-order valence-corrected chi connectivity index (χ2v) is 6.69. The lowest BCUT2D eigenvalue weighted by molar-refractivity contribution is -0.119. The number of hydrogen-bond acceptors (Lipinski definition) is 5. The Morgan fingerprint density at radius 3 is 2.70 bits per heavy atom. The predicted molar refractivity (Wildman–Crippen MR) is 77.0 cm³/mol. The molecule has 2 rings (SSSR count). The molecule has 1 aromatic rings. The summed E-state index contributed by atoms with van der Waals surface area (Å²) in [6, 6.07) is 3.47. The number of hydrogen-bond donors (Lipinski definition) is 1. The maximum absolute atomic E-state index is 12.6. The van der Waals surface area contributed by atoms with Crippen LogP contribution in [0.3, 0.4) is 0 Å². The Morgan fingerprint density at radius 2 is 2.20 bits per heavy atom. The van der Waals surface area contributed by atoms with Gasteiger partial charge in [-0.1, -0.05) is 32.5 Å². The minimum atomic E-state index is -0.904. The Morgan fingerprint density at radius 1 is 1.50 bits per heavy atom. The molecule has 0 spiro atoms. The molecule has 20 heavy (non-hydrogen) atoms. The molecule has 0 radical (unpaired) electrons. The van der Waals surface area contributed by atoms with E-state index in [9.17, 15) is 9.59 Å². The van der Waals surface area contributed by atoms with E-state index < -0.39 is 11.7 Å². The molecule has 2 unspecified atom stereocenters. The third-order valence-electron chi connectivity index (χ3n) is 2.85. The van der Waals surface area contributed by atoms with Crippen molar-refractivity contribution in [2.75, 3.05) is 4.90 Å². The Labute approximate surface area is 121 Å². The highest BCUT2D eigenvalue weighted by atomic mass is 32.2. The number of nitrogens with zero attached hydrogens (tertiary/aromatic N) is 2. The summed E-state index contributed by atoms with van der Waals surface area (Å²) in [5.41, 5.74) is 4.66. The van der Waals surface area contributed by atoms with Crippen LogP contribution in [0.4, 0.5) is 10.5 Å². The molecule has 2 heterocycles. The van der Waals surface area contributed by atoms with Crippen LogP contribution in [0.15, 0.2) is 24.5 Å². The topological polar surface area (TPSA) is 85.5 Å². The van der Waals surface area contributed by atoms with Gasteiger partial charge < -0.3 is 10.5 Å². The third kappa shape index (κ3) is 2.87. The summed E-state index contributed by atoms with van der Waals surface area (Å²) >= 11 is 1.28. The number of ether oxygens (including phenoxy) is 1. The van der Waals surface area contributed by atoms with Gasteiger partial charge in [0.15, 0.2) is 0 Å². The molecule has 7 heteroatoms. The lowest BCUT2D eigenvalue weighted by Gasteiger charge is -2.24. The van der Waals surface area contributed by atoms with Crippen LogP contribution in [0.1, 0.15) is 20.8 Å². The van der Waals surface area contributed by atoms with Crippen LogP contribution in [-0.4, -0.2) is 27.8 Å². The van der Waals surface area contributed by atoms with Gasteiger partial charge in [0.2, 0.25) is 11.5 Å². The molecule has 0 saturated carbocycles. The van der Waals surface area contributed by atoms with E-state index in [1.165, 1.54) is 16.7 Å². The zero-order chi connectivity index (χ0) is 14.9. The van der Waals surface area contributed by atoms with E-state index >= 15 is 0 Å². The van der Waals surface area contributed by atoms with Crippen molar-refractivity contribution in [2.45, 2.75) is 31.6 Å². The number of thioether (sulfide) groups is 1.